The third kappa shape index (κ3) is 9.17. The first kappa shape index (κ1) is 24.3. The Labute approximate surface area is 192 Å². The average molecular weight is 516 g/mol. The van der Waals surface area contributed by atoms with Crippen LogP contribution < -0.4 is 10.6 Å². The van der Waals surface area contributed by atoms with Crippen LogP contribution in [0.2, 0.25) is 0 Å². The molecular weight excluding hydrogens is 479 g/mol. The minimum atomic E-state index is 0. The molecule has 3 rings (SSSR count). The van der Waals surface area contributed by atoms with Crippen molar-refractivity contribution >= 4 is 29.9 Å². The van der Waals surface area contributed by atoms with Gasteiger partial charge in [0.05, 0.1) is 13.2 Å². The molecule has 0 amide bonds. The number of nitrogens with one attached hydrogen (secondary N) is 2. The highest BCUT2D eigenvalue weighted by Gasteiger charge is 2.16. The van der Waals surface area contributed by atoms with Crippen molar-refractivity contribution in [1.82, 2.24) is 25.3 Å². The van der Waals surface area contributed by atoms with Gasteiger partial charge in [-0.15, -0.1) is 24.0 Å². The van der Waals surface area contributed by atoms with Gasteiger partial charge in [-0.1, -0.05) is 30.3 Å². The summed E-state index contributed by atoms with van der Waals surface area (Å²) in [4.78, 5) is 11.9. The Hall–Kier alpha value is -0.940. The van der Waals surface area contributed by atoms with E-state index < -0.39 is 0 Å². The van der Waals surface area contributed by atoms with Crippen LogP contribution in [0.3, 0.4) is 0 Å². The van der Waals surface area contributed by atoms with Crippen LogP contribution in [-0.4, -0.2) is 106 Å². The van der Waals surface area contributed by atoms with Crippen LogP contribution in [0, 0.1) is 0 Å². The summed E-state index contributed by atoms with van der Waals surface area (Å²) >= 11 is 0. The van der Waals surface area contributed by atoms with E-state index >= 15 is 0 Å². The zero-order valence-electron chi connectivity index (χ0n) is 17.7. The fourth-order valence-electron chi connectivity index (χ4n) is 3.72. The molecule has 0 aliphatic carbocycles. The first-order valence-electron chi connectivity index (χ1n) is 10.6. The zero-order valence-corrected chi connectivity index (χ0v) is 20.0. The predicted octanol–water partition coefficient (Wildman–Crippen LogP) is 0.919. The zero-order chi connectivity index (χ0) is 19.4. The van der Waals surface area contributed by atoms with Gasteiger partial charge in [0.2, 0.25) is 0 Å². The van der Waals surface area contributed by atoms with E-state index in [4.69, 9.17) is 4.74 Å². The second-order valence-corrected chi connectivity index (χ2v) is 7.48. The number of hydrogen-bond donors (Lipinski definition) is 2. The van der Waals surface area contributed by atoms with E-state index in [1.807, 2.05) is 7.05 Å². The lowest BCUT2D eigenvalue weighted by atomic mass is 10.2. The molecule has 0 atom stereocenters. The minimum Gasteiger partial charge on any atom is -0.379 e. The molecule has 2 aliphatic rings. The van der Waals surface area contributed by atoms with Gasteiger partial charge < -0.3 is 15.4 Å². The van der Waals surface area contributed by atoms with Gasteiger partial charge in [-0.3, -0.25) is 19.7 Å². The maximum Gasteiger partial charge on any atom is 0.191 e. The lowest BCUT2D eigenvalue weighted by Gasteiger charge is -2.34. The topological polar surface area (TPSA) is 55.4 Å². The van der Waals surface area contributed by atoms with Crippen molar-refractivity contribution in [3.63, 3.8) is 0 Å². The summed E-state index contributed by atoms with van der Waals surface area (Å²) in [6.07, 6.45) is 0. The van der Waals surface area contributed by atoms with E-state index in [1.54, 1.807) is 0 Å². The van der Waals surface area contributed by atoms with Crippen molar-refractivity contribution < 1.29 is 4.74 Å². The van der Waals surface area contributed by atoms with Crippen LogP contribution in [0.15, 0.2) is 35.3 Å². The van der Waals surface area contributed by atoms with Gasteiger partial charge in [-0.25, -0.2) is 0 Å². The molecule has 29 heavy (non-hydrogen) atoms. The number of piperazine rings is 1. The summed E-state index contributed by atoms with van der Waals surface area (Å²) in [6.45, 7) is 13.3. The SMILES string of the molecule is CN=C(NCCN1CCOCC1)NCCN1CCN(Cc2ccccc2)CC1.I. The minimum absolute atomic E-state index is 0. The van der Waals surface area contributed by atoms with Crippen molar-refractivity contribution in [2.75, 3.05) is 85.7 Å². The highest BCUT2D eigenvalue weighted by molar-refractivity contribution is 14.0. The average Bonchev–Trinajstić information content (AvgIpc) is 2.75. The van der Waals surface area contributed by atoms with Crippen LogP contribution in [-0.2, 0) is 11.3 Å². The Morgan fingerprint density at radius 1 is 0.862 bits per heavy atom. The molecule has 0 aromatic heterocycles. The van der Waals surface area contributed by atoms with Gasteiger partial charge in [-0.05, 0) is 5.56 Å². The number of halogens is 1. The molecule has 8 heteroatoms. The Balaban J connectivity index is 0.00000300. The van der Waals surface area contributed by atoms with Crippen LogP contribution in [0.1, 0.15) is 5.56 Å². The predicted molar refractivity (Wildman–Crippen MR) is 130 cm³/mol. The normalized spacial score (nSPS) is 19.6. The number of ether oxygens (including phenoxy) is 1. The van der Waals surface area contributed by atoms with E-state index in [1.165, 1.54) is 5.56 Å². The van der Waals surface area contributed by atoms with Crippen molar-refractivity contribution in [2.45, 2.75) is 6.54 Å². The second-order valence-electron chi connectivity index (χ2n) is 7.48. The molecular formula is C21H37IN6O. The molecule has 0 saturated carbocycles. The molecule has 164 valence electrons. The summed E-state index contributed by atoms with van der Waals surface area (Å²) in [7, 11) is 1.84. The van der Waals surface area contributed by atoms with E-state index in [-0.39, 0.29) is 24.0 Å². The standard InChI is InChI=1S/C21H36N6O.HI/c1-22-21(24-8-10-26-15-17-28-18-16-26)23-7-9-25-11-13-27(14-12-25)19-20-5-3-2-4-6-20;/h2-6H,7-19H2,1H3,(H2,22,23,24);1H. The second kappa shape index (κ2) is 14.1. The quantitative estimate of drug-likeness (QED) is 0.305. The van der Waals surface area contributed by atoms with Crippen molar-refractivity contribution in [2.24, 2.45) is 4.99 Å². The maximum absolute atomic E-state index is 5.39. The summed E-state index contributed by atoms with van der Waals surface area (Å²) in [5.74, 6) is 0.899. The van der Waals surface area contributed by atoms with Crippen LogP contribution in [0.5, 0.6) is 0 Å². The molecule has 2 saturated heterocycles. The molecule has 2 N–H and O–H groups in total. The molecule has 0 radical (unpaired) electrons. The largest absolute Gasteiger partial charge is 0.379 e. The van der Waals surface area contributed by atoms with Crippen LogP contribution in [0.4, 0.5) is 0 Å². The van der Waals surface area contributed by atoms with Crippen LogP contribution in [0.25, 0.3) is 0 Å². The summed E-state index contributed by atoms with van der Waals surface area (Å²) < 4.78 is 5.39. The molecule has 0 spiro atoms. The monoisotopic (exact) mass is 516 g/mol. The molecule has 0 unspecified atom stereocenters. The Morgan fingerprint density at radius 2 is 1.41 bits per heavy atom. The van der Waals surface area contributed by atoms with Crippen molar-refractivity contribution in [3.05, 3.63) is 35.9 Å². The first-order valence-corrected chi connectivity index (χ1v) is 10.6. The van der Waals surface area contributed by atoms with E-state index in [2.05, 4.69) is 60.7 Å². The van der Waals surface area contributed by atoms with E-state index in [0.717, 1.165) is 91.2 Å². The van der Waals surface area contributed by atoms with Gasteiger partial charge in [-0.2, -0.15) is 0 Å². The Morgan fingerprint density at radius 3 is 2.00 bits per heavy atom. The molecule has 2 heterocycles. The summed E-state index contributed by atoms with van der Waals surface area (Å²) in [5, 5.41) is 6.86. The number of morpholine rings is 1. The van der Waals surface area contributed by atoms with Gasteiger partial charge in [0, 0.05) is 79.0 Å². The first-order chi connectivity index (χ1) is 13.8. The number of guanidine groups is 1. The Bertz CT molecular complexity index is 574. The number of benzene rings is 1. The van der Waals surface area contributed by atoms with Crippen LogP contribution >= 0.6 is 24.0 Å². The highest BCUT2D eigenvalue weighted by Crippen LogP contribution is 2.07. The van der Waals surface area contributed by atoms with Gasteiger partial charge >= 0.3 is 0 Å². The van der Waals surface area contributed by atoms with Gasteiger partial charge in [0.15, 0.2) is 5.96 Å². The fraction of sp³-hybridized carbons (Fsp3) is 0.667. The molecule has 2 aliphatic heterocycles. The van der Waals surface area contributed by atoms with Crippen molar-refractivity contribution in [1.29, 1.82) is 0 Å². The van der Waals surface area contributed by atoms with Gasteiger partial charge in [0.25, 0.3) is 0 Å². The Kier molecular flexibility index (Phi) is 11.9. The lowest BCUT2D eigenvalue weighted by Crippen LogP contribution is -2.49. The molecule has 2 fully saturated rings. The molecule has 1 aromatic carbocycles. The third-order valence-corrected chi connectivity index (χ3v) is 5.48. The molecule has 7 nitrogen and oxygen atoms in total. The smallest absolute Gasteiger partial charge is 0.191 e. The number of rotatable bonds is 8. The van der Waals surface area contributed by atoms with E-state index in [9.17, 15) is 0 Å². The van der Waals surface area contributed by atoms with Gasteiger partial charge in [0.1, 0.15) is 0 Å². The third-order valence-electron chi connectivity index (χ3n) is 5.48. The maximum atomic E-state index is 5.39. The fourth-order valence-corrected chi connectivity index (χ4v) is 3.72. The molecule has 1 aromatic rings. The number of hydrogen-bond acceptors (Lipinski definition) is 5. The number of aliphatic imine (C=N–C) groups is 1. The highest BCUT2D eigenvalue weighted by atomic mass is 127. The molecule has 0 bridgehead atoms. The van der Waals surface area contributed by atoms with Crippen molar-refractivity contribution in [3.8, 4) is 0 Å². The lowest BCUT2D eigenvalue weighted by molar-refractivity contribution is 0.0389. The summed E-state index contributed by atoms with van der Waals surface area (Å²) in [6, 6.07) is 10.8. The van der Waals surface area contributed by atoms with E-state index in [0.29, 0.717) is 0 Å². The summed E-state index contributed by atoms with van der Waals surface area (Å²) in [5.41, 5.74) is 1.41. The number of nitrogens with zero attached hydrogens (tertiary/aromatic N) is 4.